The van der Waals surface area contributed by atoms with E-state index >= 15 is 0 Å². The van der Waals surface area contributed by atoms with Gasteiger partial charge in [-0.15, -0.1) is 11.3 Å². The van der Waals surface area contributed by atoms with Crippen LogP contribution in [0, 0.1) is 11.7 Å². The van der Waals surface area contributed by atoms with E-state index in [0.717, 1.165) is 37.7 Å². The molecule has 1 fully saturated rings. The number of carbonyl (C=O) groups is 1. The van der Waals surface area contributed by atoms with Crippen molar-refractivity contribution in [3.8, 4) is 5.69 Å². The summed E-state index contributed by atoms with van der Waals surface area (Å²) in [4.78, 5) is 32.5. The molecule has 0 radical (unpaired) electrons. The van der Waals surface area contributed by atoms with E-state index < -0.39 is 5.82 Å². The van der Waals surface area contributed by atoms with Crippen LogP contribution in [-0.4, -0.2) is 27.3 Å². The van der Waals surface area contributed by atoms with E-state index in [1.165, 1.54) is 27.3 Å². The molecule has 1 N–H and O–H groups in total. The SMILES string of the molecule is C[C@@H]1CCc2c(sc3nc(SCC(=O)NC4CC4)n(-c4ccccc4F)c(=O)c23)C1. The summed E-state index contributed by atoms with van der Waals surface area (Å²) >= 11 is 2.75. The Balaban J connectivity index is 1.63. The van der Waals surface area contributed by atoms with Gasteiger partial charge in [-0.3, -0.25) is 14.2 Å². The molecule has 3 aromatic rings. The van der Waals surface area contributed by atoms with Gasteiger partial charge in [0.15, 0.2) is 5.16 Å². The number of nitrogens with zero attached hydrogens (tertiary/aromatic N) is 2. The van der Waals surface area contributed by atoms with Crippen molar-refractivity contribution in [1.29, 1.82) is 0 Å². The summed E-state index contributed by atoms with van der Waals surface area (Å²) in [5.74, 6) is 0.156. The number of amides is 1. The first-order valence-electron chi connectivity index (χ1n) is 10.3. The van der Waals surface area contributed by atoms with Gasteiger partial charge in [0, 0.05) is 10.9 Å². The summed E-state index contributed by atoms with van der Waals surface area (Å²) < 4.78 is 16.0. The monoisotopic (exact) mass is 443 g/mol. The third-order valence-corrected chi connectivity index (χ3v) is 7.75. The fraction of sp³-hybridized carbons (Fsp3) is 0.409. The molecule has 1 amide bonds. The van der Waals surface area contributed by atoms with Crippen LogP contribution in [0.5, 0.6) is 0 Å². The number of thiophene rings is 1. The number of benzene rings is 1. The molecule has 0 bridgehead atoms. The van der Waals surface area contributed by atoms with Gasteiger partial charge in [-0.2, -0.15) is 0 Å². The normalized spacial score (nSPS) is 18.4. The number of carbonyl (C=O) groups excluding carboxylic acids is 1. The molecule has 1 aromatic carbocycles. The minimum absolute atomic E-state index is 0.0868. The zero-order valence-corrected chi connectivity index (χ0v) is 18.2. The van der Waals surface area contributed by atoms with Crippen LogP contribution < -0.4 is 10.9 Å². The molecular formula is C22H22FN3O2S2. The number of para-hydroxylation sites is 1. The van der Waals surface area contributed by atoms with Crippen molar-refractivity contribution in [2.75, 3.05) is 5.75 Å². The van der Waals surface area contributed by atoms with E-state index in [-0.39, 0.29) is 28.9 Å². The number of halogens is 1. The van der Waals surface area contributed by atoms with Crippen LogP contribution in [0.25, 0.3) is 15.9 Å². The number of aromatic nitrogens is 2. The van der Waals surface area contributed by atoms with Crippen molar-refractivity contribution in [2.24, 2.45) is 5.92 Å². The first-order valence-corrected chi connectivity index (χ1v) is 12.1. The van der Waals surface area contributed by atoms with Gasteiger partial charge in [-0.05, 0) is 55.7 Å². The number of aryl methyl sites for hydroxylation is 1. The molecule has 2 aliphatic carbocycles. The van der Waals surface area contributed by atoms with Gasteiger partial charge < -0.3 is 5.32 Å². The lowest BCUT2D eigenvalue weighted by Crippen LogP contribution is -2.28. The van der Waals surface area contributed by atoms with E-state index in [1.54, 1.807) is 29.5 Å². The molecule has 0 spiro atoms. The van der Waals surface area contributed by atoms with E-state index in [9.17, 15) is 14.0 Å². The Morgan fingerprint density at radius 2 is 2.13 bits per heavy atom. The molecular weight excluding hydrogens is 421 g/mol. The zero-order valence-electron chi connectivity index (χ0n) is 16.6. The predicted molar refractivity (Wildman–Crippen MR) is 118 cm³/mol. The van der Waals surface area contributed by atoms with Crippen LogP contribution in [0.3, 0.4) is 0 Å². The minimum Gasteiger partial charge on any atom is -0.353 e. The lowest BCUT2D eigenvalue weighted by atomic mass is 9.89. The third kappa shape index (κ3) is 3.67. The lowest BCUT2D eigenvalue weighted by Gasteiger charge is -2.18. The molecule has 0 unspecified atom stereocenters. The summed E-state index contributed by atoms with van der Waals surface area (Å²) in [5, 5.41) is 3.91. The molecule has 2 aliphatic rings. The van der Waals surface area contributed by atoms with Crippen molar-refractivity contribution in [3.63, 3.8) is 0 Å². The highest BCUT2D eigenvalue weighted by molar-refractivity contribution is 7.99. The number of hydrogen-bond acceptors (Lipinski definition) is 5. The fourth-order valence-corrected chi connectivity index (χ4v) is 6.18. The van der Waals surface area contributed by atoms with Crippen LogP contribution in [0.1, 0.15) is 36.6 Å². The van der Waals surface area contributed by atoms with Crippen LogP contribution in [0.4, 0.5) is 4.39 Å². The van der Waals surface area contributed by atoms with Crippen molar-refractivity contribution >= 4 is 39.2 Å². The Bertz CT molecular complexity index is 1200. The molecule has 5 nitrogen and oxygen atoms in total. The number of hydrogen-bond donors (Lipinski definition) is 1. The molecule has 156 valence electrons. The quantitative estimate of drug-likeness (QED) is 0.477. The standard InChI is InChI=1S/C22H22FN3O2S2/c1-12-6-9-14-17(10-12)30-20-19(14)21(28)26(16-5-3-2-4-15(16)23)22(25-20)29-11-18(27)24-13-7-8-13/h2-5,12-13H,6-11H2,1H3,(H,24,27)/t12-/m1/s1. The van der Waals surface area contributed by atoms with Gasteiger partial charge in [0.2, 0.25) is 5.91 Å². The highest BCUT2D eigenvalue weighted by Gasteiger charge is 2.27. The second-order valence-electron chi connectivity index (χ2n) is 8.15. The van der Waals surface area contributed by atoms with Crippen molar-refractivity contribution in [1.82, 2.24) is 14.9 Å². The number of fused-ring (bicyclic) bond motifs is 3. The van der Waals surface area contributed by atoms with Gasteiger partial charge in [0.05, 0.1) is 16.8 Å². The lowest BCUT2D eigenvalue weighted by molar-refractivity contribution is -0.118. The van der Waals surface area contributed by atoms with Crippen LogP contribution in [0.15, 0.2) is 34.2 Å². The molecule has 2 heterocycles. The Labute approximate surface area is 181 Å². The van der Waals surface area contributed by atoms with E-state index in [4.69, 9.17) is 4.98 Å². The van der Waals surface area contributed by atoms with Crippen molar-refractivity contribution in [3.05, 3.63) is 50.9 Å². The Hall–Kier alpha value is -2.19. The maximum Gasteiger partial charge on any atom is 0.267 e. The average Bonchev–Trinajstić information content (AvgIpc) is 3.45. The number of rotatable bonds is 5. The average molecular weight is 444 g/mol. The summed E-state index contributed by atoms with van der Waals surface area (Å²) in [6.07, 6.45) is 4.86. The van der Waals surface area contributed by atoms with Gasteiger partial charge in [0.1, 0.15) is 10.6 Å². The smallest absolute Gasteiger partial charge is 0.267 e. The Kier molecular flexibility index (Phi) is 5.14. The zero-order chi connectivity index (χ0) is 20.8. The molecule has 0 aliphatic heterocycles. The fourth-order valence-electron chi connectivity index (χ4n) is 3.94. The molecule has 1 saturated carbocycles. The second kappa shape index (κ2) is 7.81. The van der Waals surface area contributed by atoms with Gasteiger partial charge in [-0.25, -0.2) is 9.37 Å². The van der Waals surface area contributed by atoms with Crippen LogP contribution >= 0.6 is 23.1 Å². The molecule has 5 rings (SSSR count). The second-order valence-corrected chi connectivity index (χ2v) is 10.2. The first kappa shape index (κ1) is 19.8. The molecule has 1 atom stereocenters. The van der Waals surface area contributed by atoms with Crippen LogP contribution in [-0.2, 0) is 17.6 Å². The van der Waals surface area contributed by atoms with Crippen molar-refractivity contribution < 1.29 is 9.18 Å². The van der Waals surface area contributed by atoms with Crippen LogP contribution in [0.2, 0.25) is 0 Å². The minimum atomic E-state index is -0.484. The highest BCUT2D eigenvalue weighted by atomic mass is 32.2. The van der Waals surface area contributed by atoms with Gasteiger partial charge in [0.25, 0.3) is 5.56 Å². The predicted octanol–water partition coefficient (Wildman–Crippen LogP) is 4.08. The number of thioether (sulfide) groups is 1. The van der Waals surface area contributed by atoms with Crippen molar-refractivity contribution in [2.45, 2.75) is 50.2 Å². The van der Waals surface area contributed by atoms with E-state index in [2.05, 4.69) is 12.2 Å². The molecule has 2 aromatic heterocycles. The summed E-state index contributed by atoms with van der Waals surface area (Å²) in [7, 11) is 0. The maximum atomic E-state index is 14.7. The summed E-state index contributed by atoms with van der Waals surface area (Å²) in [5.41, 5.74) is 0.993. The van der Waals surface area contributed by atoms with Gasteiger partial charge in [-0.1, -0.05) is 30.8 Å². The number of nitrogens with one attached hydrogen (secondary N) is 1. The van der Waals surface area contributed by atoms with Gasteiger partial charge >= 0.3 is 0 Å². The molecule has 8 heteroatoms. The first-order chi connectivity index (χ1) is 14.5. The largest absolute Gasteiger partial charge is 0.353 e. The highest BCUT2D eigenvalue weighted by Crippen LogP contribution is 2.37. The topological polar surface area (TPSA) is 64.0 Å². The molecule has 0 saturated heterocycles. The summed E-state index contributed by atoms with van der Waals surface area (Å²) in [6, 6.07) is 6.49. The van der Waals surface area contributed by atoms with E-state index in [1.807, 2.05) is 0 Å². The molecule has 30 heavy (non-hydrogen) atoms. The third-order valence-electron chi connectivity index (χ3n) is 5.67. The van der Waals surface area contributed by atoms with E-state index in [0.29, 0.717) is 21.3 Å². The Morgan fingerprint density at radius 1 is 1.33 bits per heavy atom. The summed E-state index contributed by atoms with van der Waals surface area (Å²) in [6.45, 7) is 2.22. The maximum absolute atomic E-state index is 14.7. The Morgan fingerprint density at radius 3 is 2.90 bits per heavy atom.